The number of benzene rings is 1. The lowest BCUT2D eigenvalue weighted by Gasteiger charge is -2.32. The Hall–Kier alpha value is -2.48. The van der Waals surface area contributed by atoms with E-state index in [1.807, 2.05) is 40.9 Å². The van der Waals surface area contributed by atoms with Crippen molar-refractivity contribution >= 4 is 39.0 Å². The summed E-state index contributed by atoms with van der Waals surface area (Å²) in [7, 11) is 0. The van der Waals surface area contributed by atoms with Crippen molar-refractivity contribution in [2.45, 2.75) is 32.6 Å². The average molecular weight is 443 g/mol. The molecule has 1 fully saturated rings. The van der Waals surface area contributed by atoms with Gasteiger partial charge in [0, 0.05) is 29.2 Å². The van der Waals surface area contributed by atoms with Gasteiger partial charge in [-0.25, -0.2) is 0 Å². The third-order valence-electron chi connectivity index (χ3n) is 5.02. The molecule has 4 rings (SSSR count). The predicted octanol–water partition coefficient (Wildman–Crippen LogP) is 3.87. The van der Waals surface area contributed by atoms with E-state index in [9.17, 15) is 4.79 Å². The van der Waals surface area contributed by atoms with Crippen molar-refractivity contribution in [1.82, 2.24) is 19.8 Å². The summed E-state index contributed by atoms with van der Waals surface area (Å²) in [5.41, 5.74) is 1.56. The van der Waals surface area contributed by atoms with Gasteiger partial charge in [-0.2, -0.15) is 4.52 Å². The Morgan fingerprint density at radius 3 is 2.71 bits per heavy atom. The zero-order chi connectivity index (χ0) is 19.7. The maximum absolute atomic E-state index is 12.7. The minimum absolute atomic E-state index is 0.0558. The monoisotopic (exact) mass is 442 g/mol. The Morgan fingerprint density at radius 1 is 1.18 bits per heavy atom. The van der Waals surface area contributed by atoms with E-state index in [2.05, 4.69) is 50.2 Å². The molecule has 0 saturated carbocycles. The number of fused-ring (bicyclic) bond motifs is 1. The first-order valence-electron chi connectivity index (χ1n) is 9.55. The molecule has 7 nitrogen and oxygen atoms in total. The van der Waals surface area contributed by atoms with Crippen molar-refractivity contribution < 1.29 is 4.79 Å². The number of hydrogen-bond donors (Lipinski definition) is 1. The fourth-order valence-corrected chi connectivity index (χ4v) is 3.77. The van der Waals surface area contributed by atoms with Gasteiger partial charge in [0.05, 0.1) is 5.92 Å². The molecular formula is C20H23BrN6O. The topological polar surface area (TPSA) is 75.4 Å². The molecule has 1 aromatic carbocycles. The van der Waals surface area contributed by atoms with E-state index in [4.69, 9.17) is 5.10 Å². The molecule has 0 unspecified atom stereocenters. The second kappa shape index (κ2) is 7.87. The van der Waals surface area contributed by atoms with E-state index in [-0.39, 0.29) is 17.7 Å². The highest BCUT2D eigenvalue weighted by Crippen LogP contribution is 2.24. The average Bonchev–Trinajstić information content (AvgIpc) is 3.13. The van der Waals surface area contributed by atoms with Crippen LogP contribution in [0.25, 0.3) is 5.65 Å². The molecule has 1 N–H and O–H groups in total. The fraction of sp³-hybridized carbons (Fsp3) is 0.400. The van der Waals surface area contributed by atoms with Gasteiger partial charge in [0.1, 0.15) is 5.82 Å². The molecule has 1 aliphatic heterocycles. The largest absolute Gasteiger partial charge is 0.354 e. The number of hydrogen-bond acceptors (Lipinski definition) is 5. The summed E-state index contributed by atoms with van der Waals surface area (Å²) in [4.78, 5) is 14.9. The van der Waals surface area contributed by atoms with Crippen LogP contribution in [0.1, 0.15) is 38.4 Å². The van der Waals surface area contributed by atoms with Gasteiger partial charge in [0.15, 0.2) is 11.5 Å². The number of carbonyl (C=O) groups is 1. The first-order valence-corrected chi connectivity index (χ1v) is 10.3. The van der Waals surface area contributed by atoms with Gasteiger partial charge in [-0.05, 0) is 49.2 Å². The Morgan fingerprint density at radius 2 is 1.96 bits per heavy atom. The summed E-state index contributed by atoms with van der Waals surface area (Å²) < 4.78 is 2.80. The summed E-state index contributed by atoms with van der Waals surface area (Å²) in [5, 5.41) is 16.2. The lowest BCUT2D eigenvalue weighted by atomic mass is 9.97. The number of piperidine rings is 1. The van der Waals surface area contributed by atoms with Crippen LogP contribution in [0.2, 0.25) is 0 Å². The number of amides is 1. The van der Waals surface area contributed by atoms with Crippen LogP contribution in [0.4, 0.5) is 11.5 Å². The first kappa shape index (κ1) is 18.9. The van der Waals surface area contributed by atoms with Crippen LogP contribution >= 0.6 is 15.9 Å². The van der Waals surface area contributed by atoms with Crippen LogP contribution in [0, 0.1) is 5.92 Å². The van der Waals surface area contributed by atoms with Crippen molar-refractivity contribution in [3.05, 3.63) is 46.7 Å². The normalized spacial score (nSPS) is 17.3. The molecule has 0 radical (unpaired) electrons. The molecule has 146 valence electrons. The van der Waals surface area contributed by atoms with Gasteiger partial charge in [-0.3, -0.25) is 4.79 Å². The molecule has 28 heavy (non-hydrogen) atoms. The van der Waals surface area contributed by atoms with Crippen molar-refractivity contribution in [1.29, 1.82) is 0 Å². The quantitative estimate of drug-likeness (QED) is 0.663. The lowest BCUT2D eigenvalue weighted by Crippen LogP contribution is -2.41. The second-order valence-corrected chi connectivity index (χ2v) is 8.37. The number of rotatable bonds is 4. The molecule has 3 heterocycles. The zero-order valence-corrected chi connectivity index (χ0v) is 17.6. The van der Waals surface area contributed by atoms with Crippen LogP contribution in [-0.4, -0.2) is 38.8 Å². The molecule has 1 amide bonds. The van der Waals surface area contributed by atoms with Gasteiger partial charge < -0.3 is 10.2 Å². The predicted molar refractivity (Wildman–Crippen MR) is 113 cm³/mol. The second-order valence-electron chi connectivity index (χ2n) is 7.46. The highest BCUT2D eigenvalue weighted by Gasteiger charge is 2.27. The van der Waals surface area contributed by atoms with E-state index in [0.29, 0.717) is 6.54 Å². The van der Waals surface area contributed by atoms with Crippen molar-refractivity contribution in [2.75, 3.05) is 23.3 Å². The van der Waals surface area contributed by atoms with Crippen molar-refractivity contribution in [3.8, 4) is 0 Å². The minimum atomic E-state index is -0.0691. The van der Waals surface area contributed by atoms with E-state index >= 15 is 0 Å². The molecule has 2 aromatic heterocycles. The molecule has 1 saturated heterocycles. The molecule has 8 heteroatoms. The van der Waals surface area contributed by atoms with Crippen molar-refractivity contribution in [2.24, 2.45) is 5.92 Å². The van der Waals surface area contributed by atoms with Gasteiger partial charge in [0.25, 0.3) is 0 Å². The number of nitrogens with zero attached hydrogens (tertiary/aromatic N) is 5. The fourth-order valence-electron chi connectivity index (χ4n) is 3.50. The van der Waals surface area contributed by atoms with Gasteiger partial charge in [0.2, 0.25) is 5.91 Å². The lowest BCUT2D eigenvalue weighted by molar-refractivity contribution is -0.120. The van der Waals surface area contributed by atoms with E-state index in [0.717, 1.165) is 46.8 Å². The number of halogens is 1. The highest BCUT2D eigenvalue weighted by atomic mass is 79.9. The molecule has 0 aliphatic carbocycles. The van der Waals surface area contributed by atoms with E-state index in [1.165, 1.54) is 0 Å². The van der Waals surface area contributed by atoms with Crippen LogP contribution in [-0.2, 0) is 4.79 Å². The molecule has 1 atom stereocenters. The van der Waals surface area contributed by atoms with Gasteiger partial charge >= 0.3 is 0 Å². The Labute approximate surface area is 172 Å². The Balaban J connectivity index is 1.50. The van der Waals surface area contributed by atoms with E-state index < -0.39 is 0 Å². The maximum atomic E-state index is 12.7. The molecule has 3 aromatic rings. The Bertz CT molecular complexity index is 984. The summed E-state index contributed by atoms with van der Waals surface area (Å²) >= 11 is 3.41. The van der Waals surface area contributed by atoms with Crippen LogP contribution in [0.5, 0.6) is 0 Å². The third-order valence-corrected chi connectivity index (χ3v) is 5.55. The summed E-state index contributed by atoms with van der Waals surface area (Å²) in [6, 6.07) is 11.5. The standard InChI is InChI=1S/C20H23BrN6O/c1-13(2)19-24-23-17-9-10-18(25-27(17)19)26-11-3-4-14(12-26)20(28)22-16-7-5-15(21)6-8-16/h5-10,13-14H,3-4,11-12H2,1-2H3,(H,22,28)/t14-/m1/s1. The van der Waals surface area contributed by atoms with Crippen LogP contribution in [0.3, 0.4) is 0 Å². The summed E-state index contributed by atoms with van der Waals surface area (Å²) in [6.07, 6.45) is 1.84. The smallest absolute Gasteiger partial charge is 0.229 e. The van der Waals surface area contributed by atoms with Crippen LogP contribution < -0.4 is 10.2 Å². The number of carbonyl (C=O) groups excluding carboxylic acids is 1. The van der Waals surface area contributed by atoms with E-state index in [1.54, 1.807) is 0 Å². The maximum Gasteiger partial charge on any atom is 0.229 e. The van der Waals surface area contributed by atoms with Gasteiger partial charge in [-0.1, -0.05) is 29.8 Å². The van der Waals surface area contributed by atoms with Crippen LogP contribution in [0.15, 0.2) is 40.9 Å². The first-order chi connectivity index (χ1) is 13.5. The third kappa shape index (κ3) is 3.87. The zero-order valence-electron chi connectivity index (χ0n) is 16.0. The SMILES string of the molecule is CC(C)c1nnc2ccc(N3CCC[C@@H](C(=O)Nc4ccc(Br)cc4)C3)nn12. The summed E-state index contributed by atoms with van der Waals surface area (Å²) in [6.45, 7) is 5.70. The van der Waals surface area contributed by atoms with Gasteiger partial charge in [-0.15, -0.1) is 15.3 Å². The molecular weight excluding hydrogens is 420 g/mol. The highest BCUT2D eigenvalue weighted by molar-refractivity contribution is 9.10. The van der Waals surface area contributed by atoms with Crippen molar-refractivity contribution in [3.63, 3.8) is 0 Å². The Kier molecular flexibility index (Phi) is 5.30. The minimum Gasteiger partial charge on any atom is -0.354 e. The number of anilines is 2. The molecule has 0 bridgehead atoms. The number of aromatic nitrogens is 4. The molecule has 1 aliphatic rings. The number of nitrogens with one attached hydrogen (secondary N) is 1. The molecule has 0 spiro atoms. The summed E-state index contributed by atoms with van der Waals surface area (Å²) in [5.74, 6) is 1.93.